The zero-order chi connectivity index (χ0) is 7.49. The Morgan fingerprint density at radius 1 is 1.33 bits per heavy atom. The maximum absolute atomic E-state index is 9.36. The second-order valence-electron chi connectivity index (χ2n) is 2.98. The largest absolute Gasteiger partial charge is 0.345 e. The Kier molecular flexibility index (Phi) is 3.15. The van der Waals surface area contributed by atoms with Gasteiger partial charge in [-0.2, -0.15) is 0 Å². The van der Waals surface area contributed by atoms with Crippen LogP contribution in [0.1, 0.15) is 20.3 Å². The molecular formula is C7H18NO+. The van der Waals surface area contributed by atoms with Crippen molar-refractivity contribution >= 4 is 0 Å². The van der Waals surface area contributed by atoms with E-state index in [0.29, 0.717) is 4.48 Å². The Morgan fingerprint density at radius 3 is 1.89 bits per heavy atom. The van der Waals surface area contributed by atoms with Gasteiger partial charge in [-0.25, -0.2) is 0 Å². The minimum atomic E-state index is -0.199. The first-order valence-electron chi connectivity index (χ1n) is 3.55. The van der Waals surface area contributed by atoms with Gasteiger partial charge in [-0.05, 0) is 6.92 Å². The highest BCUT2D eigenvalue weighted by atomic mass is 16.3. The van der Waals surface area contributed by atoms with E-state index in [9.17, 15) is 5.11 Å². The van der Waals surface area contributed by atoms with Gasteiger partial charge < -0.3 is 9.59 Å². The molecule has 2 nitrogen and oxygen atoms in total. The van der Waals surface area contributed by atoms with Crippen molar-refractivity contribution in [1.29, 1.82) is 0 Å². The molecule has 0 fully saturated rings. The summed E-state index contributed by atoms with van der Waals surface area (Å²) in [5, 5.41) is 9.36. The van der Waals surface area contributed by atoms with E-state index >= 15 is 0 Å². The molecule has 0 aromatic carbocycles. The molecule has 0 bridgehead atoms. The number of aliphatic hydroxyl groups excluding tert-OH is 1. The lowest BCUT2D eigenvalue weighted by molar-refractivity contribution is -0.935. The average Bonchev–Trinajstić information content (AvgIpc) is 1.86. The molecule has 0 aliphatic rings. The smallest absolute Gasteiger partial charge is 0.189 e. The molecule has 0 amide bonds. The molecule has 0 rings (SSSR count). The summed E-state index contributed by atoms with van der Waals surface area (Å²) in [7, 11) is 4.07. The minimum absolute atomic E-state index is 0.199. The Bertz CT molecular complexity index is 81.0. The molecule has 0 spiro atoms. The van der Waals surface area contributed by atoms with E-state index in [-0.39, 0.29) is 6.23 Å². The number of aliphatic hydroxyl groups is 1. The van der Waals surface area contributed by atoms with Gasteiger partial charge >= 0.3 is 0 Å². The number of rotatable bonds is 3. The molecule has 1 atom stereocenters. The predicted octanol–water partition coefficient (Wildman–Crippen LogP) is 0.811. The third kappa shape index (κ3) is 2.33. The second-order valence-corrected chi connectivity index (χ2v) is 2.98. The summed E-state index contributed by atoms with van der Waals surface area (Å²) in [5.74, 6) is 0. The van der Waals surface area contributed by atoms with Crippen molar-refractivity contribution in [2.24, 2.45) is 0 Å². The van der Waals surface area contributed by atoms with Crippen LogP contribution >= 0.6 is 0 Å². The first-order chi connectivity index (χ1) is 4.04. The van der Waals surface area contributed by atoms with Gasteiger partial charge in [0.15, 0.2) is 6.23 Å². The van der Waals surface area contributed by atoms with Gasteiger partial charge in [-0.15, -0.1) is 0 Å². The molecule has 0 aliphatic heterocycles. The zero-order valence-corrected chi connectivity index (χ0v) is 6.89. The first kappa shape index (κ1) is 8.92. The number of hydrogen-bond acceptors (Lipinski definition) is 1. The molecule has 0 heterocycles. The van der Waals surface area contributed by atoms with Crippen molar-refractivity contribution < 1.29 is 9.59 Å². The lowest BCUT2D eigenvalue weighted by atomic mass is 10.3. The summed E-state index contributed by atoms with van der Waals surface area (Å²) in [6, 6.07) is 0. The Morgan fingerprint density at radius 2 is 1.78 bits per heavy atom. The van der Waals surface area contributed by atoms with E-state index in [1.807, 2.05) is 21.0 Å². The summed E-state index contributed by atoms with van der Waals surface area (Å²) in [6.45, 7) is 5.06. The summed E-state index contributed by atoms with van der Waals surface area (Å²) in [4.78, 5) is 0. The highest BCUT2D eigenvalue weighted by Gasteiger charge is 2.20. The Labute approximate surface area is 57.7 Å². The van der Waals surface area contributed by atoms with Crippen LogP contribution in [0.15, 0.2) is 0 Å². The fraction of sp³-hybridized carbons (Fsp3) is 1.00. The fourth-order valence-corrected chi connectivity index (χ4v) is 0.705. The molecule has 1 N–H and O–H groups in total. The molecule has 0 aromatic rings. The lowest BCUT2D eigenvalue weighted by Crippen LogP contribution is -2.48. The highest BCUT2D eigenvalue weighted by molar-refractivity contribution is 4.34. The van der Waals surface area contributed by atoms with Gasteiger partial charge in [-0.1, -0.05) is 6.92 Å². The number of hydrogen-bond donors (Lipinski definition) is 1. The van der Waals surface area contributed by atoms with Gasteiger partial charge in [0.05, 0.1) is 20.6 Å². The van der Waals surface area contributed by atoms with Crippen molar-refractivity contribution in [3.63, 3.8) is 0 Å². The summed E-state index contributed by atoms with van der Waals surface area (Å²) in [5.41, 5.74) is 0. The van der Waals surface area contributed by atoms with Gasteiger partial charge in [0.2, 0.25) is 0 Å². The molecule has 1 unspecified atom stereocenters. The SMILES string of the molecule is CCC(O)[N+](C)(C)CC. The van der Waals surface area contributed by atoms with E-state index < -0.39 is 0 Å². The third-order valence-electron chi connectivity index (χ3n) is 1.99. The predicted molar refractivity (Wildman–Crippen MR) is 38.9 cm³/mol. The number of nitrogens with zero attached hydrogens (tertiary/aromatic N) is 1. The quantitative estimate of drug-likeness (QED) is 0.445. The first-order valence-corrected chi connectivity index (χ1v) is 3.55. The average molecular weight is 132 g/mol. The van der Waals surface area contributed by atoms with Gasteiger partial charge in [-0.3, -0.25) is 0 Å². The molecule has 56 valence electrons. The van der Waals surface area contributed by atoms with E-state index in [0.717, 1.165) is 13.0 Å². The molecule has 0 saturated heterocycles. The van der Waals surface area contributed by atoms with E-state index in [1.165, 1.54) is 0 Å². The molecule has 2 heteroatoms. The van der Waals surface area contributed by atoms with Crippen LogP contribution in [-0.2, 0) is 0 Å². The summed E-state index contributed by atoms with van der Waals surface area (Å²) >= 11 is 0. The van der Waals surface area contributed by atoms with Crippen molar-refractivity contribution in [2.75, 3.05) is 20.6 Å². The van der Waals surface area contributed by atoms with Crippen LogP contribution in [0.2, 0.25) is 0 Å². The molecule has 0 radical (unpaired) electrons. The van der Waals surface area contributed by atoms with Crippen molar-refractivity contribution in [3.05, 3.63) is 0 Å². The van der Waals surface area contributed by atoms with Gasteiger partial charge in [0.25, 0.3) is 0 Å². The topological polar surface area (TPSA) is 20.2 Å². The van der Waals surface area contributed by atoms with Gasteiger partial charge in [0.1, 0.15) is 0 Å². The summed E-state index contributed by atoms with van der Waals surface area (Å²) in [6.07, 6.45) is 0.635. The van der Waals surface area contributed by atoms with Crippen LogP contribution in [-0.4, -0.2) is 36.5 Å². The van der Waals surface area contributed by atoms with Crippen LogP contribution in [0, 0.1) is 0 Å². The maximum atomic E-state index is 9.36. The van der Waals surface area contributed by atoms with Crippen LogP contribution in [0.5, 0.6) is 0 Å². The minimum Gasteiger partial charge on any atom is -0.345 e. The zero-order valence-electron chi connectivity index (χ0n) is 6.89. The van der Waals surface area contributed by atoms with Crippen molar-refractivity contribution in [2.45, 2.75) is 26.5 Å². The van der Waals surface area contributed by atoms with Crippen molar-refractivity contribution in [3.8, 4) is 0 Å². The van der Waals surface area contributed by atoms with E-state index in [2.05, 4.69) is 6.92 Å². The molecule has 0 saturated carbocycles. The van der Waals surface area contributed by atoms with Crippen molar-refractivity contribution in [1.82, 2.24) is 0 Å². The standard InChI is InChI=1S/C7H18NO/c1-5-7(9)8(3,4)6-2/h7,9H,5-6H2,1-4H3/q+1. The van der Waals surface area contributed by atoms with Crippen LogP contribution in [0.4, 0.5) is 0 Å². The van der Waals surface area contributed by atoms with Gasteiger partial charge in [0, 0.05) is 6.42 Å². The lowest BCUT2D eigenvalue weighted by Gasteiger charge is -2.32. The maximum Gasteiger partial charge on any atom is 0.189 e. The van der Waals surface area contributed by atoms with Crippen LogP contribution in [0.25, 0.3) is 0 Å². The fourth-order valence-electron chi connectivity index (χ4n) is 0.705. The third-order valence-corrected chi connectivity index (χ3v) is 1.99. The number of quaternary nitrogens is 1. The second kappa shape index (κ2) is 3.18. The molecule has 0 aromatic heterocycles. The monoisotopic (exact) mass is 132 g/mol. The molecule has 0 aliphatic carbocycles. The Hall–Kier alpha value is -0.0800. The van der Waals surface area contributed by atoms with Crippen LogP contribution < -0.4 is 0 Å². The molecular weight excluding hydrogens is 114 g/mol. The van der Waals surface area contributed by atoms with E-state index in [4.69, 9.17) is 0 Å². The summed E-state index contributed by atoms with van der Waals surface area (Å²) < 4.78 is 0.705. The van der Waals surface area contributed by atoms with Crippen LogP contribution in [0.3, 0.4) is 0 Å². The van der Waals surface area contributed by atoms with E-state index in [1.54, 1.807) is 0 Å². The molecule has 9 heavy (non-hydrogen) atoms. The highest BCUT2D eigenvalue weighted by Crippen LogP contribution is 2.05. The Balaban J connectivity index is 3.80. The normalized spacial score (nSPS) is 15.7.